The highest BCUT2D eigenvalue weighted by Crippen LogP contribution is 2.05. The van der Waals surface area contributed by atoms with Crippen LogP contribution in [0.15, 0.2) is 11.7 Å². The van der Waals surface area contributed by atoms with Crippen LogP contribution in [0.5, 0.6) is 0 Å². The molecule has 60 valence electrons. The number of aliphatic carboxylic acids is 1. The van der Waals surface area contributed by atoms with Gasteiger partial charge in [-0.15, -0.1) is 11.3 Å². The molecule has 0 fully saturated rings. The largest absolute Gasteiger partial charge is 0.480 e. The van der Waals surface area contributed by atoms with E-state index in [1.54, 1.807) is 11.7 Å². The number of nitrogens with zero attached hydrogens (tertiary/aromatic N) is 1. The quantitative estimate of drug-likeness (QED) is 0.729. The van der Waals surface area contributed by atoms with Gasteiger partial charge in [-0.05, 0) is 0 Å². The Kier molecular flexibility index (Phi) is 3.00. The summed E-state index contributed by atoms with van der Waals surface area (Å²) in [5.41, 5.74) is 1.68. The van der Waals surface area contributed by atoms with E-state index in [1.165, 1.54) is 11.3 Å². The van der Waals surface area contributed by atoms with Crippen molar-refractivity contribution in [1.82, 2.24) is 4.98 Å². The lowest BCUT2D eigenvalue weighted by Gasteiger charge is -1.95. The van der Waals surface area contributed by atoms with E-state index < -0.39 is 5.97 Å². The van der Waals surface area contributed by atoms with Crippen molar-refractivity contribution in [1.29, 1.82) is 0 Å². The van der Waals surface area contributed by atoms with Crippen LogP contribution in [0.1, 0.15) is 4.88 Å². The molecule has 1 heterocycles. The Bertz CT molecular complexity index is 222. The summed E-state index contributed by atoms with van der Waals surface area (Å²) in [6.45, 7) is 0.0782. The van der Waals surface area contributed by atoms with Gasteiger partial charge in [0.25, 0.3) is 0 Å². The monoisotopic (exact) mass is 173 g/mol. The summed E-state index contributed by atoms with van der Waals surface area (Å²) < 4.78 is 4.81. The van der Waals surface area contributed by atoms with Gasteiger partial charge in [0, 0.05) is 6.20 Å². The molecule has 1 rings (SSSR count). The van der Waals surface area contributed by atoms with E-state index in [0.29, 0.717) is 6.61 Å². The van der Waals surface area contributed by atoms with Gasteiger partial charge in [0.15, 0.2) is 0 Å². The zero-order valence-corrected chi connectivity index (χ0v) is 6.50. The molecule has 0 aromatic carbocycles. The fourth-order valence-corrected chi connectivity index (χ4v) is 1.08. The Hall–Kier alpha value is -0.940. The number of carboxylic acids is 1. The standard InChI is InChI=1S/C6H7NO3S/c8-6(9)3-10-2-5-1-7-4-11-5/h1,4H,2-3H2,(H,8,9). The van der Waals surface area contributed by atoms with E-state index >= 15 is 0 Å². The average Bonchev–Trinajstić information content (AvgIpc) is 2.39. The molecule has 0 radical (unpaired) electrons. The Morgan fingerprint density at radius 2 is 2.64 bits per heavy atom. The molecule has 0 unspecified atom stereocenters. The number of aromatic nitrogens is 1. The van der Waals surface area contributed by atoms with E-state index in [9.17, 15) is 4.79 Å². The fraction of sp³-hybridized carbons (Fsp3) is 0.333. The van der Waals surface area contributed by atoms with Crippen molar-refractivity contribution in [3.05, 3.63) is 16.6 Å². The first-order chi connectivity index (χ1) is 5.29. The predicted molar refractivity (Wildman–Crippen MR) is 39.4 cm³/mol. The molecule has 0 bridgehead atoms. The second-order valence-corrected chi connectivity index (χ2v) is 2.83. The Morgan fingerprint density at radius 1 is 1.82 bits per heavy atom. The van der Waals surface area contributed by atoms with Crippen LogP contribution >= 0.6 is 11.3 Å². The van der Waals surface area contributed by atoms with E-state index in [4.69, 9.17) is 9.84 Å². The number of carbonyl (C=O) groups is 1. The molecule has 1 aromatic rings. The topological polar surface area (TPSA) is 59.4 Å². The summed E-state index contributed by atoms with van der Waals surface area (Å²) in [6.07, 6.45) is 1.66. The van der Waals surface area contributed by atoms with Gasteiger partial charge in [-0.3, -0.25) is 4.98 Å². The van der Waals surface area contributed by atoms with Crippen LogP contribution in [0.4, 0.5) is 0 Å². The number of carboxylic acid groups (broad SMARTS) is 1. The lowest BCUT2D eigenvalue weighted by atomic mass is 10.6. The second kappa shape index (κ2) is 4.05. The maximum atomic E-state index is 9.99. The smallest absolute Gasteiger partial charge is 0.329 e. The molecular weight excluding hydrogens is 166 g/mol. The first-order valence-corrected chi connectivity index (χ1v) is 3.84. The summed E-state index contributed by atoms with van der Waals surface area (Å²) in [4.78, 5) is 14.7. The highest BCUT2D eigenvalue weighted by molar-refractivity contribution is 7.09. The lowest BCUT2D eigenvalue weighted by molar-refractivity contribution is -0.142. The molecule has 1 aromatic heterocycles. The average molecular weight is 173 g/mol. The van der Waals surface area contributed by atoms with Gasteiger partial charge in [0.2, 0.25) is 0 Å². The summed E-state index contributed by atoms with van der Waals surface area (Å²) in [7, 11) is 0. The first kappa shape index (κ1) is 8.16. The maximum absolute atomic E-state index is 9.99. The second-order valence-electron chi connectivity index (χ2n) is 1.85. The van der Waals surface area contributed by atoms with Crippen LogP contribution in [0.2, 0.25) is 0 Å². The summed E-state index contributed by atoms with van der Waals surface area (Å²) in [5.74, 6) is -0.950. The molecule has 0 saturated carbocycles. The van der Waals surface area contributed by atoms with Crippen molar-refractivity contribution in [2.24, 2.45) is 0 Å². The van der Waals surface area contributed by atoms with Gasteiger partial charge in [-0.2, -0.15) is 0 Å². The minimum absolute atomic E-state index is 0.252. The summed E-state index contributed by atoms with van der Waals surface area (Å²) >= 11 is 1.45. The number of thiazole rings is 1. The molecule has 0 aliphatic rings. The molecule has 0 atom stereocenters. The van der Waals surface area contributed by atoms with E-state index in [2.05, 4.69) is 4.98 Å². The van der Waals surface area contributed by atoms with Crippen LogP contribution < -0.4 is 0 Å². The Balaban J connectivity index is 2.19. The third-order valence-electron chi connectivity index (χ3n) is 0.953. The van der Waals surface area contributed by atoms with Gasteiger partial charge < -0.3 is 9.84 Å². The lowest BCUT2D eigenvalue weighted by Crippen LogP contribution is -2.05. The Labute approximate surface area is 67.5 Å². The van der Waals surface area contributed by atoms with Crippen molar-refractivity contribution in [2.75, 3.05) is 6.61 Å². The van der Waals surface area contributed by atoms with E-state index in [-0.39, 0.29) is 6.61 Å². The van der Waals surface area contributed by atoms with Crippen molar-refractivity contribution in [3.63, 3.8) is 0 Å². The van der Waals surface area contributed by atoms with Gasteiger partial charge in [-0.1, -0.05) is 0 Å². The zero-order valence-electron chi connectivity index (χ0n) is 5.69. The minimum atomic E-state index is -0.950. The molecule has 11 heavy (non-hydrogen) atoms. The van der Waals surface area contributed by atoms with Crippen molar-refractivity contribution in [2.45, 2.75) is 6.61 Å². The van der Waals surface area contributed by atoms with Crippen molar-refractivity contribution >= 4 is 17.3 Å². The van der Waals surface area contributed by atoms with Crippen LogP contribution in [-0.2, 0) is 16.1 Å². The molecular formula is C6H7NO3S. The molecule has 5 heteroatoms. The number of ether oxygens (including phenoxy) is 1. The van der Waals surface area contributed by atoms with Crippen LogP contribution in [0.3, 0.4) is 0 Å². The normalized spacial score (nSPS) is 9.82. The zero-order chi connectivity index (χ0) is 8.10. The number of rotatable bonds is 4. The minimum Gasteiger partial charge on any atom is -0.480 e. The van der Waals surface area contributed by atoms with Gasteiger partial charge in [0.05, 0.1) is 17.0 Å². The van der Waals surface area contributed by atoms with Crippen LogP contribution in [0, 0.1) is 0 Å². The summed E-state index contributed by atoms with van der Waals surface area (Å²) in [6, 6.07) is 0. The van der Waals surface area contributed by atoms with Crippen LogP contribution in [0.25, 0.3) is 0 Å². The molecule has 0 aliphatic heterocycles. The number of hydrogen-bond acceptors (Lipinski definition) is 4. The van der Waals surface area contributed by atoms with E-state index in [0.717, 1.165) is 4.88 Å². The third-order valence-corrected chi connectivity index (χ3v) is 1.71. The van der Waals surface area contributed by atoms with Crippen molar-refractivity contribution < 1.29 is 14.6 Å². The highest BCUT2D eigenvalue weighted by atomic mass is 32.1. The Morgan fingerprint density at radius 3 is 3.18 bits per heavy atom. The van der Waals surface area contributed by atoms with Gasteiger partial charge in [0.1, 0.15) is 6.61 Å². The maximum Gasteiger partial charge on any atom is 0.329 e. The third kappa shape index (κ3) is 3.10. The molecule has 0 saturated heterocycles. The molecule has 4 nitrogen and oxygen atoms in total. The highest BCUT2D eigenvalue weighted by Gasteiger charge is 1.97. The van der Waals surface area contributed by atoms with Gasteiger partial charge >= 0.3 is 5.97 Å². The molecule has 1 N–H and O–H groups in total. The van der Waals surface area contributed by atoms with E-state index in [1.807, 2.05) is 0 Å². The van der Waals surface area contributed by atoms with Gasteiger partial charge in [-0.25, -0.2) is 4.79 Å². The predicted octanol–water partition coefficient (Wildman–Crippen LogP) is 0.744. The summed E-state index contributed by atoms with van der Waals surface area (Å²) in [5, 5.41) is 8.20. The fourth-order valence-electron chi connectivity index (χ4n) is 0.552. The van der Waals surface area contributed by atoms with Crippen molar-refractivity contribution in [3.8, 4) is 0 Å². The SMILES string of the molecule is O=C(O)COCc1cncs1. The molecule has 0 amide bonds. The first-order valence-electron chi connectivity index (χ1n) is 2.96. The van der Waals surface area contributed by atoms with Crippen LogP contribution in [-0.4, -0.2) is 22.7 Å². The molecule has 0 spiro atoms. The number of hydrogen-bond donors (Lipinski definition) is 1. The molecule has 0 aliphatic carbocycles.